The third-order valence-corrected chi connectivity index (χ3v) is 3.89. The second-order valence-electron chi connectivity index (χ2n) is 4.09. The maximum absolute atomic E-state index is 13.4. The van der Waals surface area contributed by atoms with Gasteiger partial charge in [-0.1, -0.05) is 6.07 Å². The Bertz CT molecular complexity index is 503. The van der Waals surface area contributed by atoms with Crippen LogP contribution in [0.15, 0.2) is 18.2 Å². The molecule has 0 bridgehead atoms. The highest BCUT2D eigenvalue weighted by molar-refractivity contribution is 7.99. The summed E-state index contributed by atoms with van der Waals surface area (Å²) in [4.78, 5) is 24.0. The first kappa shape index (κ1) is 13.8. The highest BCUT2D eigenvalue weighted by atomic mass is 32.2. The number of hydrogen-bond acceptors (Lipinski definition) is 3. The molecule has 19 heavy (non-hydrogen) atoms. The summed E-state index contributed by atoms with van der Waals surface area (Å²) in [6, 6.07) is 2.43. The second kappa shape index (κ2) is 5.56. The van der Waals surface area contributed by atoms with Gasteiger partial charge in [-0.2, -0.15) is 0 Å². The molecule has 0 aliphatic carbocycles. The minimum Gasteiger partial charge on any atom is -0.480 e. The zero-order valence-corrected chi connectivity index (χ0v) is 10.6. The second-order valence-corrected chi connectivity index (χ2v) is 5.09. The van der Waals surface area contributed by atoms with E-state index >= 15 is 0 Å². The Balaban J connectivity index is 2.15. The Kier molecular flexibility index (Phi) is 4.04. The average molecular weight is 287 g/mol. The molecule has 1 N–H and O–H groups in total. The molecule has 7 heteroatoms. The van der Waals surface area contributed by atoms with Crippen molar-refractivity contribution in [2.75, 3.05) is 11.6 Å². The van der Waals surface area contributed by atoms with Gasteiger partial charge < -0.3 is 10.0 Å². The van der Waals surface area contributed by atoms with Gasteiger partial charge in [-0.3, -0.25) is 4.79 Å². The smallest absolute Gasteiger partial charge is 0.327 e. The van der Waals surface area contributed by atoms with Crippen molar-refractivity contribution in [2.24, 2.45) is 0 Å². The number of thioether (sulfide) groups is 1. The molecule has 1 amide bonds. The first-order valence-corrected chi connectivity index (χ1v) is 6.69. The molecule has 2 rings (SSSR count). The van der Waals surface area contributed by atoms with Gasteiger partial charge in [-0.25, -0.2) is 13.6 Å². The topological polar surface area (TPSA) is 57.6 Å². The van der Waals surface area contributed by atoms with Crippen molar-refractivity contribution >= 4 is 23.6 Å². The number of carbonyl (C=O) groups is 2. The third kappa shape index (κ3) is 2.86. The predicted octanol–water partition coefficient (Wildman–Crippen LogP) is 1.49. The fourth-order valence-electron chi connectivity index (χ4n) is 1.85. The molecule has 0 aromatic heterocycles. The highest BCUT2D eigenvalue weighted by Crippen LogP contribution is 2.23. The van der Waals surface area contributed by atoms with E-state index in [1.807, 2.05) is 0 Å². The molecule has 1 aliphatic heterocycles. The molecule has 0 saturated carbocycles. The number of hydrogen-bond donors (Lipinski definition) is 1. The van der Waals surface area contributed by atoms with Crippen molar-refractivity contribution in [1.82, 2.24) is 4.90 Å². The Morgan fingerprint density at radius 3 is 2.58 bits per heavy atom. The lowest BCUT2D eigenvalue weighted by Crippen LogP contribution is -2.42. The molecule has 1 saturated heterocycles. The van der Waals surface area contributed by atoms with Gasteiger partial charge >= 0.3 is 5.97 Å². The van der Waals surface area contributed by atoms with Crippen LogP contribution in [0.25, 0.3) is 0 Å². The lowest BCUT2D eigenvalue weighted by molar-refractivity contribution is -0.147. The minimum atomic E-state index is -1.10. The summed E-state index contributed by atoms with van der Waals surface area (Å²) in [5.41, 5.74) is -0.325. The SMILES string of the molecule is O=C(O)C1CSCN1C(=O)Cc1c(F)cccc1F. The standard InChI is InChI=1S/C12H11F2NO3S/c13-8-2-1-3-9(14)7(8)4-11(16)15-6-19-5-10(15)12(17)18/h1-3,10H,4-6H2,(H,17,18). The van der Waals surface area contributed by atoms with Crippen molar-refractivity contribution in [1.29, 1.82) is 0 Å². The zero-order valence-electron chi connectivity index (χ0n) is 9.81. The molecule has 1 atom stereocenters. The van der Waals surface area contributed by atoms with E-state index in [4.69, 9.17) is 5.11 Å². The number of halogens is 2. The van der Waals surface area contributed by atoms with Crippen molar-refractivity contribution < 1.29 is 23.5 Å². The average Bonchev–Trinajstić information content (AvgIpc) is 2.83. The summed E-state index contributed by atoms with van der Waals surface area (Å²) in [6.45, 7) is 0. The normalized spacial score (nSPS) is 18.6. The molecule has 102 valence electrons. The summed E-state index contributed by atoms with van der Waals surface area (Å²) < 4.78 is 26.8. The number of carboxylic acids is 1. The maximum Gasteiger partial charge on any atom is 0.327 e. The van der Waals surface area contributed by atoms with Crippen LogP contribution in [0.2, 0.25) is 0 Å². The Morgan fingerprint density at radius 2 is 2.00 bits per heavy atom. The minimum absolute atomic E-state index is 0.228. The van der Waals surface area contributed by atoms with Crippen LogP contribution in [0.1, 0.15) is 5.56 Å². The van der Waals surface area contributed by atoms with Crippen molar-refractivity contribution in [2.45, 2.75) is 12.5 Å². The molecule has 0 spiro atoms. The summed E-state index contributed by atoms with van der Waals surface area (Å²) in [6.07, 6.45) is -0.469. The van der Waals surface area contributed by atoms with Gasteiger partial charge in [0.25, 0.3) is 0 Å². The Hall–Kier alpha value is -1.63. The highest BCUT2D eigenvalue weighted by Gasteiger charge is 2.34. The van der Waals surface area contributed by atoms with E-state index in [1.54, 1.807) is 0 Å². The Labute approximate surface area is 112 Å². The number of carboxylic acid groups (broad SMARTS) is 1. The molecule has 1 fully saturated rings. The molecular formula is C12H11F2NO3S. The molecule has 4 nitrogen and oxygen atoms in total. The first-order valence-electron chi connectivity index (χ1n) is 5.53. The van der Waals surface area contributed by atoms with Gasteiger partial charge in [0, 0.05) is 11.3 Å². The third-order valence-electron chi connectivity index (χ3n) is 2.88. The molecule has 1 aliphatic rings. The summed E-state index contributed by atoms with van der Waals surface area (Å²) in [5.74, 6) is -2.76. The number of benzene rings is 1. The number of amides is 1. The van der Waals surface area contributed by atoms with Crippen LogP contribution >= 0.6 is 11.8 Å². The molecule has 0 radical (unpaired) electrons. The van der Waals surface area contributed by atoms with Crippen LogP contribution in [0.5, 0.6) is 0 Å². The summed E-state index contributed by atoms with van der Waals surface area (Å²) in [7, 11) is 0. The number of nitrogens with zero attached hydrogens (tertiary/aromatic N) is 1. The first-order chi connectivity index (χ1) is 9.00. The molecular weight excluding hydrogens is 276 g/mol. The zero-order chi connectivity index (χ0) is 14.0. The summed E-state index contributed by atoms with van der Waals surface area (Å²) >= 11 is 1.30. The van der Waals surface area contributed by atoms with Gasteiger partial charge in [-0.15, -0.1) is 11.8 Å². The lowest BCUT2D eigenvalue weighted by atomic mass is 10.1. The van der Waals surface area contributed by atoms with Crippen molar-refractivity contribution in [3.05, 3.63) is 35.4 Å². The molecule has 1 unspecified atom stereocenters. The quantitative estimate of drug-likeness (QED) is 0.915. The largest absolute Gasteiger partial charge is 0.480 e. The van der Waals surface area contributed by atoms with Crippen LogP contribution in [0.3, 0.4) is 0 Å². The van der Waals surface area contributed by atoms with E-state index < -0.39 is 36.0 Å². The van der Waals surface area contributed by atoms with Gasteiger partial charge in [0.05, 0.1) is 12.3 Å². The molecule has 1 aromatic rings. The van der Waals surface area contributed by atoms with Crippen LogP contribution < -0.4 is 0 Å². The maximum atomic E-state index is 13.4. The summed E-state index contributed by atoms with van der Waals surface area (Å²) in [5, 5.41) is 8.95. The monoisotopic (exact) mass is 287 g/mol. The fourth-order valence-corrected chi connectivity index (χ4v) is 3.02. The van der Waals surface area contributed by atoms with E-state index in [1.165, 1.54) is 17.8 Å². The fraction of sp³-hybridized carbons (Fsp3) is 0.333. The lowest BCUT2D eigenvalue weighted by Gasteiger charge is -2.20. The number of carbonyl (C=O) groups excluding carboxylic acids is 1. The van der Waals surface area contributed by atoms with Crippen molar-refractivity contribution in [3.63, 3.8) is 0 Å². The van der Waals surface area contributed by atoms with E-state index in [0.717, 1.165) is 17.0 Å². The van der Waals surface area contributed by atoms with Gasteiger partial charge in [-0.05, 0) is 12.1 Å². The van der Waals surface area contributed by atoms with Gasteiger partial charge in [0.2, 0.25) is 5.91 Å². The predicted molar refractivity (Wildman–Crippen MR) is 65.7 cm³/mol. The van der Waals surface area contributed by atoms with Crippen LogP contribution in [0.4, 0.5) is 8.78 Å². The Morgan fingerprint density at radius 1 is 1.37 bits per heavy atom. The van der Waals surface area contributed by atoms with E-state index in [-0.39, 0.29) is 11.4 Å². The molecule has 1 heterocycles. The van der Waals surface area contributed by atoms with Gasteiger partial charge in [0.1, 0.15) is 17.7 Å². The van der Waals surface area contributed by atoms with E-state index in [2.05, 4.69) is 0 Å². The van der Waals surface area contributed by atoms with Gasteiger partial charge in [0.15, 0.2) is 0 Å². The van der Waals surface area contributed by atoms with E-state index in [9.17, 15) is 18.4 Å². The van der Waals surface area contributed by atoms with Crippen LogP contribution in [-0.4, -0.2) is 39.6 Å². The van der Waals surface area contributed by atoms with E-state index in [0.29, 0.717) is 5.75 Å². The van der Waals surface area contributed by atoms with Crippen LogP contribution in [0, 0.1) is 11.6 Å². The number of aliphatic carboxylic acids is 1. The van der Waals surface area contributed by atoms with Crippen molar-refractivity contribution in [3.8, 4) is 0 Å². The van der Waals surface area contributed by atoms with Crippen LogP contribution in [-0.2, 0) is 16.0 Å². The number of rotatable bonds is 3. The molecule has 1 aromatic carbocycles.